The van der Waals surface area contributed by atoms with Gasteiger partial charge in [0.1, 0.15) is 11.4 Å². The highest BCUT2D eigenvalue weighted by Crippen LogP contribution is 2.34. The number of fused-ring (bicyclic) bond motifs is 1. The molecule has 0 bridgehead atoms. The highest BCUT2D eigenvalue weighted by molar-refractivity contribution is 5.49. The summed E-state index contributed by atoms with van der Waals surface area (Å²) in [6.45, 7) is 0.685. The zero-order valence-corrected chi connectivity index (χ0v) is 9.87. The molecular formula is C15H13NO2. The molecule has 1 unspecified atom stereocenters. The van der Waals surface area contributed by atoms with Crippen molar-refractivity contribution in [1.29, 1.82) is 0 Å². The molecule has 0 saturated carbocycles. The Morgan fingerprint density at radius 2 is 1.94 bits per heavy atom. The van der Waals surface area contributed by atoms with Gasteiger partial charge >= 0.3 is 0 Å². The van der Waals surface area contributed by atoms with Crippen LogP contribution < -0.4 is 4.74 Å². The first-order valence-corrected chi connectivity index (χ1v) is 6.01. The lowest BCUT2D eigenvalue weighted by Gasteiger charge is -2.25. The normalized spacial score (nSPS) is 17.7. The molecule has 1 heterocycles. The van der Waals surface area contributed by atoms with Crippen LogP contribution in [0.4, 0.5) is 5.69 Å². The topological polar surface area (TPSA) is 38.7 Å². The van der Waals surface area contributed by atoms with E-state index < -0.39 is 0 Å². The van der Waals surface area contributed by atoms with Crippen molar-refractivity contribution in [2.45, 2.75) is 12.3 Å². The van der Waals surface area contributed by atoms with Crippen LogP contribution in [0.3, 0.4) is 0 Å². The van der Waals surface area contributed by atoms with Crippen molar-refractivity contribution in [2.75, 3.05) is 6.61 Å². The van der Waals surface area contributed by atoms with Crippen molar-refractivity contribution >= 4 is 5.69 Å². The summed E-state index contributed by atoms with van der Waals surface area (Å²) in [4.78, 5) is 10.6. The molecule has 18 heavy (non-hydrogen) atoms. The van der Waals surface area contributed by atoms with E-state index in [9.17, 15) is 4.91 Å². The zero-order valence-electron chi connectivity index (χ0n) is 9.87. The van der Waals surface area contributed by atoms with Crippen LogP contribution in [-0.2, 0) is 6.42 Å². The predicted molar refractivity (Wildman–Crippen MR) is 70.3 cm³/mol. The lowest BCUT2D eigenvalue weighted by atomic mass is 9.90. The average Bonchev–Trinajstić information content (AvgIpc) is 2.47. The lowest BCUT2D eigenvalue weighted by molar-refractivity contribution is 0.263. The van der Waals surface area contributed by atoms with Crippen LogP contribution in [0.15, 0.2) is 53.7 Å². The molecule has 0 spiro atoms. The van der Waals surface area contributed by atoms with Gasteiger partial charge < -0.3 is 4.74 Å². The van der Waals surface area contributed by atoms with E-state index in [-0.39, 0.29) is 0 Å². The fraction of sp³-hybridized carbons (Fsp3) is 0.200. The summed E-state index contributed by atoms with van der Waals surface area (Å²) in [6, 6.07) is 15.6. The van der Waals surface area contributed by atoms with Crippen LogP contribution in [0.5, 0.6) is 5.75 Å². The van der Waals surface area contributed by atoms with E-state index in [2.05, 4.69) is 17.3 Å². The van der Waals surface area contributed by atoms with Crippen LogP contribution >= 0.6 is 0 Å². The third kappa shape index (κ3) is 1.99. The summed E-state index contributed by atoms with van der Waals surface area (Å²) in [5.74, 6) is 1.22. The summed E-state index contributed by atoms with van der Waals surface area (Å²) >= 11 is 0. The lowest BCUT2D eigenvalue weighted by Crippen LogP contribution is -2.18. The van der Waals surface area contributed by atoms with Gasteiger partial charge in [0.2, 0.25) is 0 Å². The second-order valence-electron chi connectivity index (χ2n) is 4.51. The van der Waals surface area contributed by atoms with Crippen molar-refractivity contribution in [3.63, 3.8) is 0 Å². The van der Waals surface area contributed by atoms with Crippen LogP contribution in [0, 0.1) is 4.91 Å². The van der Waals surface area contributed by atoms with Gasteiger partial charge in [0.15, 0.2) is 0 Å². The first-order chi connectivity index (χ1) is 8.86. The first-order valence-electron chi connectivity index (χ1n) is 6.01. The Kier molecular flexibility index (Phi) is 2.81. The van der Waals surface area contributed by atoms with E-state index in [1.54, 1.807) is 6.07 Å². The predicted octanol–water partition coefficient (Wildman–Crippen LogP) is 3.80. The number of rotatable bonds is 2. The molecule has 2 aromatic carbocycles. The Hall–Kier alpha value is -2.16. The number of hydrogen-bond donors (Lipinski definition) is 0. The molecule has 3 rings (SSSR count). The molecule has 0 saturated heterocycles. The molecule has 0 fully saturated rings. The van der Waals surface area contributed by atoms with Gasteiger partial charge in [-0.25, -0.2) is 0 Å². The van der Waals surface area contributed by atoms with E-state index in [1.807, 2.05) is 30.3 Å². The fourth-order valence-electron chi connectivity index (χ4n) is 2.38. The van der Waals surface area contributed by atoms with Crippen LogP contribution in [-0.4, -0.2) is 6.61 Å². The minimum Gasteiger partial charge on any atom is -0.493 e. The van der Waals surface area contributed by atoms with Gasteiger partial charge in [-0.05, 0) is 40.9 Å². The summed E-state index contributed by atoms with van der Waals surface area (Å²) < 4.78 is 5.75. The fourth-order valence-corrected chi connectivity index (χ4v) is 2.38. The van der Waals surface area contributed by atoms with Gasteiger partial charge in [-0.2, -0.15) is 0 Å². The molecule has 0 aromatic heterocycles. The quantitative estimate of drug-likeness (QED) is 0.747. The largest absolute Gasteiger partial charge is 0.493 e. The summed E-state index contributed by atoms with van der Waals surface area (Å²) in [6.07, 6.45) is 0.892. The molecule has 3 nitrogen and oxygen atoms in total. The van der Waals surface area contributed by atoms with Gasteiger partial charge in [0.25, 0.3) is 0 Å². The van der Waals surface area contributed by atoms with Crippen LogP contribution in [0.25, 0.3) is 0 Å². The molecule has 1 aliphatic rings. The molecule has 3 heteroatoms. The Morgan fingerprint density at radius 3 is 2.72 bits per heavy atom. The molecule has 0 N–H and O–H groups in total. The first kappa shape index (κ1) is 11.0. The van der Waals surface area contributed by atoms with E-state index in [0.29, 0.717) is 18.2 Å². The number of benzene rings is 2. The van der Waals surface area contributed by atoms with Gasteiger partial charge in [0.05, 0.1) is 6.61 Å². The summed E-state index contributed by atoms with van der Waals surface area (Å²) in [5, 5.41) is 2.97. The summed E-state index contributed by atoms with van der Waals surface area (Å²) in [7, 11) is 0. The maximum atomic E-state index is 10.6. The number of hydrogen-bond acceptors (Lipinski definition) is 3. The molecule has 0 aliphatic carbocycles. The smallest absolute Gasteiger partial charge is 0.122 e. The van der Waals surface area contributed by atoms with Crippen molar-refractivity contribution in [3.05, 3.63) is 64.6 Å². The number of nitrogens with zero attached hydrogens (tertiary/aromatic N) is 1. The maximum Gasteiger partial charge on any atom is 0.122 e. The van der Waals surface area contributed by atoms with Crippen molar-refractivity contribution in [1.82, 2.24) is 0 Å². The third-order valence-electron chi connectivity index (χ3n) is 3.33. The van der Waals surface area contributed by atoms with Gasteiger partial charge in [-0.1, -0.05) is 30.3 Å². The van der Waals surface area contributed by atoms with Crippen molar-refractivity contribution in [3.8, 4) is 5.75 Å². The van der Waals surface area contributed by atoms with Crippen LogP contribution in [0.1, 0.15) is 17.0 Å². The molecular weight excluding hydrogens is 226 g/mol. The van der Waals surface area contributed by atoms with Gasteiger partial charge in [0, 0.05) is 5.92 Å². The van der Waals surface area contributed by atoms with Gasteiger partial charge in [-0.15, -0.1) is 4.91 Å². The average molecular weight is 239 g/mol. The Morgan fingerprint density at radius 1 is 1.11 bits per heavy atom. The minimum atomic E-state index is 0.348. The third-order valence-corrected chi connectivity index (χ3v) is 3.33. The van der Waals surface area contributed by atoms with Gasteiger partial charge in [-0.3, -0.25) is 0 Å². The monoisotopic (exact) mass is 239 g/mol. The Balaban J connectivity index is 1.90. The molecule has 1 aliphatic heterocycles. The highest BCUT2D eigenvalue weighted by atomic mass is 16.5. The van der Waals surface area contributed by atoms with Crippen LogP contribution in [0.2, 0.25) is 0 Å². The Labute approximate surface area is 105 Å². The minimum absolute atomic E-state index is 0.348. The second-order valence-corrected chi connectivity index (χ2v) is 4.51. The van der Waals surface area contributed by atoms with E-state index >= 15 is 0 Å². The van der Waals surface area contributed by atoms with E-state index in [4.69, 9.17) is 4.74 Å². The SMILES string of the molecule is O=Nc1ccc2c(c1)CC(c1ccccc1)CO2. The zero-order chi connectivity index (χ0) is 12.4. The van der Waals surface area contributed by atoms with E-state index in [1.165, 1.54) is 5.56 Å². The van der Waals surface area contributed by atoms with Crippen molar-refractivity contribution < 1.29 is 4.74 Å². The molecule has 1 atom stereocenters. The summed E-state index contributed by atoms with van der Waals surface area (Å²) in [5.41, 5.74) is 2.80. The van der Waals surface area contributed by atoms with Crippen molar-refractivity contribution in [2.24, 2.45) is 5.18 Å². The highest BCUT2D eigenvalue weighted by Gasteiger charge is 2.21. The second kappa shape index (κ2) is 4.61. The molecule has 2 aromatic rings. The Bertz CT molecular complexity index is 566. The molecule has 0 amide bonds. The molecule has 90 valence electrons. The maximum absolute atomic E-state index is 10.6. The molecule has 0 radical (unpaired) electrons. The number of ether oxygens (including phenoxy) is 1. The van der Waals surface area contributed by atoms with E-state index in [0.717, 1.165) is 17.7 Å². The standard InChI is InChI=1S/C15H13NO2/c17-16-14-6-7-15-12(9-14)8-13(10-18-15)11-4-2-1-3-5-11/h1-7,9,13H,8,10H2. The number of nitroso groups, excluding NO2 is 1.